The molecule has 4 rings (SSSR count). The molecule has 1 aromatic carbocycles. The fraction of sp³-hybridized carbons (Fsp3) is 0.409. The monoisotopic (exact) mass is 423 g/mol. The molecular weight excluding hydrogens is 394 g/mol. The summed E-state index contributed by atoms with van der Waals surface area (Å²) < 4.78 is 11.3. The van der Waals surface area contributed by atoms with Gasteiger partial charge in [0, 0.05) is 47.9 Å². The highest BCUT2D eigenvalue weighted by Gasteiger charge is 2.19. The van der Waals surface area contributed by atoms with Crippen molar-refractivity contribution >= 4 is 22.4 Å². The first-order valence-corrected chi connectivity index (χ1v) is 10.5. The lowest BCUT2D eigenvalue weighted by Crippen LogP contribution is -2.37. The van der Waals surface area contributed by atoms with E-state index in [-0.39, 0.29) is 0 Å². The number of fused-ring (bicyclic) bond motifs is 1. The zero-order valence-corrected chi connectivity index (χ0v) is 18.2. The zero-order chi connectivity index (χ0) is 21.8. The summed E-state index contributed by atoms with van der Waals surface area (Å²) in [5, 5.41) is 8.30. The molecule has 0 atom stereocenters. The predicted octanol–water partition coefficient (Wildman–Crippen LogP) is 1.72. The van der Waals surface area contributed by atoms with E-state index in [1.54, 1.807) is 0 Å². The van der Waals surface area contributed by atoms with Gasteiger partial charge in [-0.25, -0.2) is 0 Å². The SMILES string of the molecule is CNCCOc1nc(C(=NN)c2ccc3[nH]c(C)c(C)c3c2)cc(N2CCOCC2)n1. The fourth-order valence-corrected chi connectivity index (χ4v) is 3.69. The summed E-state index contributed by atoms with van der Waals surface area (Å²) in [5.74, 6) is 6.64. The normalized spacial score (nSPS) is 14.9. The quantitative estimate of drug-likeness (QED) is 0.229. The molecule has 1 saturated heterocycles. The van der Waals surface area contributed by atoms with E-state index in [0.29, 0.717) is 43.8 Å². The van der Waals surface area contributed by atoms with Crippen LogP contribution in [0.5, 0.6) is 6.01 Å². The van der Waals surface area contributed by atoms with E-state index in [4.69, 9.17) is 15.3 Å². The van der Waals surface area contributed by atoms with Crippen LogP contribution in [0.4, 0.5) is 5.82 Å². The maximum atomic E-state index is 5.86. The molecule has 0 unspecified atom stereocenters. The summed E-state index contributed by atoms with van der Waals surface area (Å²) in [6.07, 6.45) is 0. The van der Waals surface area contributed by atoms with Crippen molar-refractivity contribution in [1.82, 2.24) is 20.3 Å². The van der Waals surface area contributed by atoms with Crippen LogP contribution in [0.15, 0.2) is 29.4 Å². The van der Waals surface area contributed by atoms with E-state index in [2.05, 4.69) is 50.2 Å². The molecule has 0 bridgehead atoms. The Kier molecular flexibility index (Phi) is 6.34. The van der Waals surface area contributed by atoms with Crippen LogP contribution in [-0.4, -0.2) is 67.2 Å². The Morgan fingerprint density at radius 3 is 2.81 bits per heavy atom. The highest BCUT2D eigenvalue weighted by Crippen LogP contribution is 2.25. The van der Waals surface area contributed by atoms with Crippen LogP contribution < -0.4 is 20.8 Å². The number of aromatic nitrogens is 3. The van der Waals surface area contributed by atoms with Gasteiger partial charge in [-0.15, -0.1) is 0 Å². The minimum absolute atomic E-state index is 0.310. The van der Waals surface area contributed by atoms with Crippen molar-refractivity contribution < 1.29 is 9.47 Å². The van der Waals surface area contributed by atoms with Gasteiger partial charge < -0.3 is 30.5 Å². The number of rotatable bonds is 7. The minimum atomic E-state index is 0.310. The molecule has 164 valence electrons. The van der Waals surface area contributed by atoms with Crippen molar-refractivity contribution in [2.45, 2.75) is 13.8 Å². The Morgan fingerprint density at radius 2 is 2.06 bits per heavy atom. The Balaban J connectivity index is 1.74. The lowest BCUT2D eigenvalue weighted by molar-refractivity contribution is 0.122. The van der Waals surface area contributed by atoms with E-state index >= 15 is 0 Å². The Hall–Kier alpha value is -3.17. The Morgan fingerprint density at radius 1 is 1.26 bits per heavy atom. The van der Waals surface area contributed by atoms with Crippen molar-refractivity contribution in [2.24, 2.45) is 10.9 Å². The second-order valence-electron chi connectivity index (χ2n) is 7.56. The van der Waals surface area contributed by atoms with Crippen LogP contribution >= 0.6 is 0 Å². The van der Waals surface area contributed by atoms with Crippen molar-refractivity contribution in [3.8, 4) is 6.01 Å². The number of aryl methyl sites for hydroxylation is 2. The molecule has 3 aromatic rings. The van der Waals surface area contributed by atoms with Crippen LogP contribution in [0.25, 0.3) is 10.9 Å². The molecule has 9 nitrogen and oxygen atoms in total. The molecule has 0 amide bonds. The number of aromatic amines is 1. The van der Waals surface area contributed by atoms with E-state index in [1.807, 2.05) is 25.2 Å². The van der Waals surface area contributed by atoms with E-state index in [1.165, 1.54) is 5.56 Å². The average molecular weight is 424 g/mol. The van der Waals surface area contributed by atoms with E-state index in [9.17, 15) is 0 Å². The molecule has 0 spiro atoms. The van der Waals surface area contributed by atoms with Crippen LogP contribution in [0.1, 0.15) is 22.5 Å². The summed E-state index contributed by atoms with van der Waals surface area (Å²) in [6, 6.07) is 8.37. The maximum Gasteiger partial charge on any atom is 0.319 e. The number of nitrogens with two attached hydrogens (primary N) is 1. The lowest BCUT2D eigenvalue weighted by Gasteiger charge is -2.28. The number of ether oxygens (including phenoxy) is 2. The molecule has 1 aliphatic rings. The number of hydrogen-bond donors (Lipinski definition) is 3. The minimum Gasteiger partial charge on any atom is -0.462 e. The predicted molar refractivity (Wildman–Crippen MR) is 122 cm³/mol. The number of morpholine rings is 1. The summed E-state index contributed by atoms with van der Waals surface area (Å²) in [5.41, 5.74) is 5.56. The van der Waals surface area contributed by atoms with Gasteiger partial charge >= 0.3 is 6.01 Å². The molecule has 0 aliphatic carbocycles. The number of benzene rings is 1. The summed E-state index contributed by atoms with van der Waals surface area (Å²) in [4.78, 5) is 14.8. The van der Waals surface area contributed by atoms with E-state index < -0.39 is 0 Å². The third-order valence-electron chi connectivity index (χ3n) is 5.56. The van der Waals surface area contributed by atoms with Crippen LogP contribution in [0.3, 0.4) is 0 Å². The molecule has 1 aliphatic heterocycles. The second kappa shape index (κ2) is 9.32. The largest absolute Gasteiger partial charge is 0.462 e. The number of likely N-dealkylation sites (N-methyl/N-ethyl adjacent to an activating group) is 1. The highest BCUT2D eigenvalue weighted by molar-refractivity contribution is 6.13. The molecule has 4 N–H and O–H groups in total. The number of hydrazone groups is 1. The number of H-pyrrole nitrogens is 1. The second-order valence-corrected chi connectivity index (χ2v) is 7.56. The third kappa shape index (κ3) is 4.47. The van der Waals surface area contributed by atoms with Gasteiger partial charge in [0.2, 0.25) is 0 Å². The maximum absolute atomic E-state index is 5.86. The number of nitrogens with one attached hydrogen (secondary N) is 2. The molecule has 1 fully saturated rings. The molecule has 31 heavy (non-hydrogen) atoms. The number of nitrogens with zero attached hydrogens (tertiary/aromatic N) is 4. The Labute approximate surface area is 181 Å². The molecule has 0 radical (unpaired) electrons. The fourth-order valence-electron chi connectivity index (χ4n) is 3.69. The first-order valence-electron chi connectivity index (χ1n) is 10.5. The molecule has 9 heteroatoms. The van der Waals surface area contributed by atoms with Gasteiger partial charge in [-0.05, 0) is 38.6 Å². The smallest absolute Gasteiger partial charge is 0.319 e. The summed E-state index contributed by atoms with van der Waals surface area (Å²) >= 11 is 0. The standard InChI is InChI=1S/C22H29N7O2/c1-14-15(2)25-18-5-4-16(12-17(14)18)21(28-23)19-13-20(29-7-10-30-11-8-29)27-22(26-19)31-9-6-24-3/h4-5,12-13,24-25H,6-11,23H2,1-3H3. The van der Waals surface area contributed by atoms with Gasteiger partial charge in [-0.2, -0.15) is 15.1 Å². The molecule has 2 aromatic heterocycles. The van der Waals surface area contributed by atoms with Gasteiger partial charge in [0.05, 0.1) is 13.2 Å². The zero-order valence-electron chi connectivity index (χ0n) is 18.2. The summed E-state index contributed by atoms with van der Waals surface area (Å²) in [6.45, 7) is 8.18. The molecule has 0 saturated carbocycles. The van der Waals surface area contributed by atoms with Crippen molar-refractivity contribution in [3.05, 3.63) is 46.8 Å². The van der Waals surface area contributed by atoms with Crippen LogP contribution in [0.2, 0.25) is 0 Å². The van der Waals surface area contributed by atoms with E-state index in [0.717, 1.165) is 41.1 Å². The third-order valence-corrected chi connectivity index (χ3v) is 5.56. The first kappa shape index (κ1) is 21.1. The van der Waals surface area contributed by atoms with Crippen molar-refractivity contribution in [1.29, 1.82) is 0 Å². The van der Waals surface area contributed by atoms with Gasteiger partial charge in [-0.3, -0.25) is 0 Å². The average Bonchev–Trinajstić information content (AvgIpc) is 3.08. The van der Waals surface area contributed by atoms with Crippen molar-refractivity contribution in [2.75, 3.05) is 51.4 Å². The van der Waals surface area contributed by atoms with Crippen molar-refractivity contribution in [3.63, 3.8) is 0 Å². The summed E-state index contributed by atoms with van der Waals surface area (Å²) in [7, 11) is 1.87. The molecule has 3 heterocycles. The van der Waals surface area contributed by atoms with Gasteiger partial charge in [-0.1, -0.05) is 6.07 Å². The number of anilines is 1. The van der Waals surface area contributed by atoms with Crippen LogP contribution in [-0.2, 0) is 4.74 Å². The van der Waals surface area contributed by atoms with Gasteiger partial charge in [0.1, 0.15) is 23.8 Å². The highest BCUT2D eigenvalue weighted by atomic mass is 16.5. The first-order chi connectivity index (χ1) is 15.1. The molecular formula is C22H29N7O2. The lowest BCUT2D eigenvalue weighted by atomic mass is 10.0. The topological polar surface area (TPSA) is 114 Å². The van der Waals surface area contributed by atoms with Gasteiger partial charge in [0.25, 0.3) is 0 Å². The number of hydrogen-bond acceptors (Lipinski definition) is 8. The van der Waals surface area contributed by atoms with Gasteiger partial charge in [0.15, 0.2) is 0 Å². The van der Waals surface area contributed by atoms with Crippen LogP contribution in [0, 0.1) is 13.8 Å². The Bertz CT molecular complexity index is 1090.